The first-order valence-corrected chi connectivity index (χ1v) is 13.1. The van der Waals surface area contributed by atoms with Gasteiger partial charge in [-0.2, -0.15) is 4.31 Å². The van der Waals surface area contributed by atoms with Crippen LogP contribution >= 0.6 is 11.6 Å². The lowest BCUT2D eigenvalue weighted by Gasteiger charge is -2.26. The maximum Gasteiger partial charge on any atom is 0.251 e. The lowest BCUT2D eigenvalue weighted by Crippen LogP contribution is -2.29. The van der Waals surface area contributed by atoms with E-state index in [2.05, 4.69) is 22.3 Å². The summed E-state index contributed by atoms with van der Waals surface area (Å²) in [5, 5.41) is 3.02. The van der Waals surface area contributed by atoms with Crippen molar-refractivity contribution in [3.05, 3.63) is 64.2 Å². The van der Waals surface area contributed by atoms with Crippen LogP contribution in [-0.4, -0.2) is 49.7 Å². The van der Waals surface area contributed by atoms with Crippen LogP contribution in [0.1, 0.15) is 53.6 Å². The summed E-state index contributed by atoms with van der Waals surface area (Å²) in [4.78, 5) is 15.2. The molecule has 32 heavy (non-hydrogen) atoms. The van der Waals surface area contributed by atoms with Gasteiger partial charge in [-0.25, -0.2) is 8.42 Å². The average Bonchev–Trinajstić information content (AvgIpc) is 3.35. The summed E-state index contributed by atoms with van der Waals surface area (Å²) in [6, 6.07) is 12.7. The lowest BCUT2D eigenvalue weighted by molar-refractivity contribution is 0.0950. The number of carbonyl (C=O) groups is 1. The highest BCUT2D eigenvalue weighted by molar-refractivity contribution is 7.89. The molecule has 2 fully saturated rings. The van der Waals surface area contributed by atoms with Crippen molar-refractivity contribution in [1.29, 1.82) is 0 Å². The number of hydrogen-bond acceptors (Lipinski definition) is 4. The van der Waals surface area contributed by atoms with E-state index in [1.165, 1.54) is 41.3 Å². The van der Waals surface area contributed by atoms with Crippen LogP contribution in [0, 0.1) is 0 Å². The molecule has 0 aliphatic carbocycles. The highest BCUT2D eigenvalue weighted by atomic mass is 35.5. The Morgan fingerprint density at radius 3 is 2.19 bits per heavy atom. The Kier molecular flexibility index (Phi) is 7.51. The highest BCUT2D eigenvalue weighted by Crippen LogP contribution is 2.28. The molecule has 4 rings (SSSR count). The Bertz CT molecular complexity index is 1040. The van der Waals surface area contributed by atoms with Crippen LogP contribution in [0.2, 0.25) is 5.02 Å². The molecule has 0 saturated carbocycles. The number of nitrogens with one attached hydrogen (secondary N) is 1. The molecular weight excluding hydrogens is 446 g/mol. The third-order valence-corrected chi connectivity index (χ3v) is 8.59. The minimum absolute atomic E-state index is 0.00391. The Morgan fingerprint density at radius 2 is 1.50 bits per heavy atom. The molecule has 172 valence electrons. The van der Waals surface area contributed by atoms with Gasteiger partial charge in [-0.3, -0.25) is 9.69 Å². The summed E-state index contributed by atoms with van der Waals surface area (Å²) in [5.41, 5.74) is 2.56. The van der Waals surface area contributed by atoms with Gasteiger partial charge in [0, 0.05) is 31.7 Å². The fourth-order valence-electron chi connectivity index (χ4n) is 4.33. The smallest absolute Gasteiger partial charge is 0.251 e. The summed E-state index contributed by atoms with van der Waals surface area (Å²) in [6.07, 6.45) is 5.56. The van der Waals surface area contributed by atoms with E-state index in [0.29, 0.717) is 19.6 Å². The molecule has 1 amide bonds. The number of amides is 1. The summed E-state index contributed by atoms with van der Waals surface area (Å²) in [6.45, 7) is 4.64. The monoisotopic (exact) mass is 475 g/mol. The molecular formula is C24H30ClN3O3S. The minimum atomic E-state index is -3.69. The van der Waals surface area contributed by atoms with E-state index in [4.69, 9.17) is 11.6 Å². The lowest BCUT2D eigenvalue weighted by atomic mass is 10.1. The molecule has 1 N–H and O–H groups in total. The summed E-state index contributed by atoms with van der Waals surface area (Å²) < 4.78 is 27.2. The molecule has 2 heterocycles. The third kappa shape index (κ3) is 5.52. The van der Waals surface area contributed by atoms with Gasteiger partial charge in [0.1, 0.15) is 4.90 Å². The van der Waals surface area contributed by atoms with Gasteiger partial charge in [-0.05, 0) is 68.1 Å². The Morgan fingerprint density at radius 1 is 0.875 bits per heavy atom. The van der Waals surface area contributed by atoms with Gasteiger partial charge in [0.05, 0.1) is 5.02 Å². The second-order valence-corrected chi connectivity index (χ2v) is 10.9. The Balaban J connectivity index is 1.37. The van der Waals surface area contributed by atoms with Gasteiger partial charge >= 0.3 is 0 Å². The fourth-order valence-corrected chi connectivity index (χ4v) is 6.35. The third-order valence-electron chi connectivity index (χ3n) is 6.21. The first kappa shape index (κ1) is 23.2. The molecule has 0 radical (unpaired) electrons. The molecule has 0 atom stereocenters. The maximum absolute atomic E-state index is 12.9. The van der Waals surface area contributed by atoms with Crippen molar-refractivity contribution in [1.82, 2.24) is 14.5 Å². The number of likely N-dealkylation sites (tertiary alicyclic amines) is 1. The second kappa shape index (κ2) is 10.3. The van der Waals surface area contributed by atoms with Crippen LogP contribution in [0.4, 0.5) is 0 Å². The van der Waals surface area contributed by atoms with E-state index in [1.807, 2.05) is 12.1 Å². The predicted molar refractivity (Wildman–Crippen MR) is 126 cm³/mol. The van der Waals surface area contributed by atoms with Crippen molar-refractivity contribution in [3.63, 3.8) is 0 Å². The molecule has 2 aliphatic heterocycles. The quantitative estimate of drug-likeness (QED) is 0.656. The van der Waals surface area contributed by atoms with Crippen molar-refractivity contribution in [2.75, 3.05) is 26.2 Å². The van der Waals surface area contributed by atoms with Gasteiger partial charge < -0.3 is 5.32 Å². The van der Waals surface area contributed by atoms with Crippen LogP contribution in [0.15, 0.2) is 47.4 Å². The van der Waals surface area contributed by atoms with Crippen LogP contribution in [0.25, 0.3) is 0 Å². The van der Waals surface area contributed by atoms with Crippen LogP contribution in [0.5, 0.6) is 0 Å². The van der Waals surface area contributed by atoms with Crippen LogP contribution in [0.3, 0.4) is 0 Å². The number of rotatable bonds is 7. The zero-order valence-electron chi connectivity index (χ0n) is 18.2. The normalized spacial score (nSPS) is 18.0. The highest BCUT2D eigenvalue weighted by Gasteiger charge is 2.29. The molecule has 0 bridgehead atoms. The van der Waals surface area contributed by atoms with Gasteiger partial charge in [-0.1, -0.05) is 42.3 Å². The van der Waals surface area contributed by atoms with Gasteiger partial charge in [-0.15, -0.1) is 0 Å². The van der Waals surface area contributed by atoms with Gasteiger partial charge in [0.25, 0.3) is 5.91 Å². The van der Waals surface area contributed by atoms with Crippen LogP contribution in [-0.2, 0) is 23.1 Å². The number of hydrogen-bond donors (Lipinski definition) is 1. The Hall–Kier alpha value is -1.93. The second-order valence-electron chi connectivity index (χ2n) is 8.59. The number of carbonyl (C=O) groups excluding carboxylic acids is 1. The van der Waals surface area contributed by atoms with E-state index >= 15 is 0 Å². The maximum atomic E-state index is 12.9. The number of halogens is 1. The van der Waals surface area contributed by atoms with E-state index < -0.39 is 10.0 Å². The number of nitrogens with zero attached hydrogens (tertiary/aromatic N) is 2. The molecule has 2 aliphatic rings. The summed E-state index contributed by atoms with van der Waals surface area (Å²) in [7, 11) is -3.69. The largest absolute Gasteiger partial charge is 0.348 e. The van der Waals surface area contributed by atoms with E-state index in [1.54, 1.807) is 6.07 Å². The SMILES string of the molecule is O=C(NCc1ccc(CN2CCCCC2)cc1)c1ccc(Cl)c(S(=O)(=O)N2CCCC2)c1. The van der Waals surface area contributed by atoms with Crippen molar-refractivity contribution < 1.29 is 13.2 Å². The molecule has 2 aromatic carbocycles. The fraction of sp³-hybridized carbons (Fsp3) is 0.458. The van der Waals surface area contributed by atoms with Crippen molar-refractivity contribution in [3.8, 4) is 0 Å². The zero-order valence-corrected chi connectivity index (χ0v) is 19.8. The van der Waals surface area contributed by atoms with E-state index in [9.17, 15) is 13.2 Å². The molecule has 8 heteroatoms. The average molecular weight is 476 g/mol. The summed E-state index contributed by atoms with van der Waals surface area (Å²) in [5.74, 6) is -0.322. The van der Waals surface area contributed by atoms with E-state index in [-0.39, 0.29) is 21.4 Å². The van der Waals surface area contributed by atoms with Crippen molar-refractivity contribution >= 4 is 27.5 Å². The number of piperidine rings is 1. The number of benzene rings is 2. The molecule has 0 spiro atoms. The molecule has 6 nitrogen and oxygen atoms in total. The van der Waals surface area contributed by atoms with Gasteiger partial charge in [0.15, 0.2) is 0 Å². The number of sulfonamides is 1. The first-order chi connectivity index (χ1) is 15.4. The Labute approximate surface area is 195 Å². The van der Waals surface area contributed by atoms with E-state index in [0.717, 1.165) is 38.0 Å². The molecule has 0 unspecified atom stereocenters. The van der Waals surface area contributed by atoms with Crippen LogP contribution < -0.4 is 5.32 Å². The summed E-state index contributed by atoms with van der Waals surface area (Å²) >= 11 is 6.18. The van der Waals surface area contributed by atoms with Crippen molar-refractivity contribution in [2.24, 2.45) is 0 Å². The molecule has 2 aromatic rings. The topological polar surface area (TPSA) is 69.7 Å². The predicted octanol–water partition coefficient (Wildman–Crippen LogP) is 4.04. The standard InChI is InChI=1S/C24H30ClN3O3S/c25-22-11-10-21(16-23(22)32(30,31)28-14-4-5-15-28)24(29)26-17-19-6-8-20(9-7-19)18-27-12-2-1-3-13-27/h6-11,16H,1-5,12-15,17-18H2,(H,26,29). The van der Waals surface area contributed by atoms with Crippen molar-refractivity contribution in [2.45, 2.75) is 50.1 Å². The first-order valence-electron chi connectivity index (χ1n) is 11.3. The molecule has 0 aromatic heterocycles. The van der Waals surface area contributed by atoms with Gasteiger partial charge in [0.2, 0.25) is 10.0 Å². The zero-order chi connectivity index (χ0) is 22.6. The minimum Gasteiger partial charge on any atom is -0.348 e. The molecule has 2 saturated heterocycles.